The Morgan fingerprint density at radius 2 is 1.43 bits per heavy atom. The summed E-state index contributed by atoms with van der Waals surface area (Å²) in [6.45, 7) is 7.56. The molecule has 0 aliphatic carbocycles. The average Bonchev–Trinajstić information content (AvgIpc) is 2.43. The lowest BCUT2D eigenvalue weighted by atomic mass is 10.0. The lowest BCUT2D eigenvalue weighted by Gasteiger charge is -2.13. The molecule has 2 N–H and O–H groups in total. The van der Waals surface area contributed by atoms with Gasteiger partial charge in [-0.3, -0.25) is 19.2 Å². The van der Waals surface area contributed by atoms with E-state index >= 15 is 0 Å². The summed E-state index contributed by atoms with van der Waals surface area (Å²) in [4.78, 5) is 41.9. The SMILES string of the molecule is C=CCCCC(C(=O)OCC)C(=O)OCC.O=C(O)CC(=O)O. The fraction of sp³-hybridized carbons (Fsp3) is 0.600. The van der Waals surface area contributed by atoms with Gasteiger partial charge >= 0.3 is 23.9 Å². The van der Waals surface area contributed by atoms with Crippen molar-refractivity contribution in [3.8, 4) is 0 Å². The number of hydrogen-bond acceptors (Lipinski definition) is 6. The van der Waals surface area contributed by atoms with Crippen molar-refractivity contribution in [3.05, 3.63) is 12.7 Å². The maximum absolute atomic E-state index is 11.5. The maximum atomic E-state index is 11.5. The van der Waals surface area contributed by atoms with Gasteiger partial charge in [-0.25, -0.2) is 0 Å². The van der Waals surface area contributed by atoms with Crippen molar-refractivity contribution in [1.29, 1.82) is 0 Å². The smallest absolute Gasteiger partial charge is 0.320 e. The minimum absolute atomic E-state index is 0.274. The maximum Gasteiger partial charge on any atom is 0.320 e. The highest BCUT2D eigenvalue weighted by Gasteiger charge is 2.28. The summed E-state index contributed by atoms with van der Waals surface area (Å²) in [5.41, 5.74) is 0. The molecule has 0 unspecified atom stereocenters. The van der Waals surface area contributed by atoms with Gasteiger partial charge in [0.2, 0.25) is 0 Å². The zero-order valence-corrected chi connectivity index (χ0v) is 13.4. The summed E-state index contributed by atoms with van der Waals surface area (Å²) in [6, 6.07) is 0. The monoisotopic (exact) mass is 332 g/mol. The number of hydrogen-bond donors (Lipinski definition) is 2. The molecule has 132 valence electrons. The fourth-order valence-electron chi connectivity index (χ4n) is 1.41. The van der Waals surface area contributed by atoms with Gasteiger partial charge in [-0.1, -0.05) is 6.08 Å². The van der Waals surface area contributed by atoms with Crippen LogP contribution in [0.1, 0.15) is 39.5 Å². The Kier molecular flexibility index (Phi) is 14.5. The highest BCUT2D eigenvalue weighted by molar-refractivity contribution is 5.94. The van der Waals surface area contributed by atoms with Crippen LogP contribution in [0.2, 0.25) is 0 Å². The van der Waals surface area contributed by atoms with E-state index in [0.717, 1.165) is 12.8 Å². The molecule has 8 nitrogen and oxygen atoms in total. The van der Waals surface area contributed by atoms with E-state index in [0.29, 0.717) is 6.42 Å². The molecule has 0 aliphatic rings. The molecule has 0 rings (SSSR count). The van der Waals surface area contributed by atoms with E-state index < -0.39 is 36.2 Å². The van der Waals surface area contributed by atoms with Crippen LogP contribution in [0.25, 0.3) is 0 Å². The first kappa shape index (κ1) is 22.9. The molecular formula is C15H24O8. The number of aliphatic carboxylic acids is 2. The van der Waals surface area contributed by atoms with Crippen molar-refractivity contribution in [3.63, 3.8) is 0 Å². The van der Waals surface area contributed by atoms with Crippen LogP contribution in [-0.2, 0) is 28.7 Å². The molecule has 0 spiro atoms. The van der Waals surface area contributed by atoms with E-state index in [1.54, 1.807) is 19.9 Å². The Balaban J connectivity index is 0. The summed E-state index contributed by atoms with van der Waals surface area (Å²) < 4.78 is 9.67. The normalized spacial score (nSPS) is 9.35. The van der Waals surface area contributed by atoms with E-state index in [4.69, 9.17) is 19.7 Å². The van der Waals surface area contributed by atoms with Crippen LogP contribution in [0.15, 0.2) is 12.7 Å². The third-order valence-corrected chi connectivity index (χ3v) is 2.35. The first-order valence-electron chi connectivity index (χ1n) is 7.17. The molecule has 0 bridgehead atoms. The van der Waals surface area contributed by atoms with Crippen molar-refractivity contribution in [2.24, 2.45) is 5.92 Å². The molecule has 8 heteroatoms. The van der Waals surface area contributed by atoms with Gasteiger partial charge in [0.1, 0.15) is 6.42 Å². The second kappa shape index (κ2) is 14.6. The Bertz CT molecular complexity index is 372. The minimum Gasteiger partial charge on any atom is -0.481 e. The molecule has 23 heavy (non-hydrogen) atoms. The number of carboxylic acid groups (broad SMARTS) is 2. The summed E-state index contributed by atoms with van der Waals surface area (Å²) in [6.07, 6.45) is 2.90. The number of carbonyl (C=O) groups is 4. The Morgan fingerprint density at radius 1 is 1.00 bits per heavy atom. The molecule has 0 fully saturated rings. The van der Waals surface area contributed by atoms with Gasteiger partial charge in [-0.2, -0.15) is 0 Å². The number of esters is 2. The standard InChI is InChI=1S/C12H20O4.C3H4O4/c1-4-7-8-9-10(11(13)15-5-2)12(14)16-6-3;4-2(5)1-3(6)7/h4,10H,1,5-9H2,2-3H3;1H2,(H,4,5)(H,6,7). The van der Waals surface area contributed by atoms with Gasteiger partial charge < -0.3 is 19.7 Å². The molecular weight excluding hydrogens is 308 g/mol. The van der Waals surface area contributed by atoms with Crippen LogP contribution in [0.5, 0.6) is 0 Å². The average molecular weight is 332 g/mol. The lowest BCUT2D eigenvalue weighted by molar-refractivity contribution is -0.162. The van der Waals surface area contributed by atoms with Gasteiger partial charge in [0.25, 0.3) is 0 Å². The van der Waals surface area contributed by atoms with Crippen molar-refractivity contribution in [1.82, 2.24) is 0 Å². The van der Waals surface area contributed by atoms with Crippen molar-refractivity contribution >= 4 is 23.9 Å². The van der Waals surface area contributed by atoms with Crippen LogP contribution in [0, 0.1) is 5.92 Å². The molecule has 0 saturated carbocycles. The molecule has 0 aromatic rings. The van der Waals surface area contributed by atoms with Crippen molar-refractivity contribution in [2.45, 2.75) is 39.5 Å². The predicted molar refractivity (Wildman–Crippen MR) is 80.7 cm³/mol. The molecule has 0 radical (unpaired) electrons. The Hall–Kier alpha value is -2.38. The topological polar surface area (TPSA) is 127 Å². The van der Waals surface area contributed by atoms with Crippen molar-refractivity contribution < 1.29 is 38.9 Å². The third-order valence-electron chi connectivity index (χ3n) is 2.35. The first-order chi connectivity index (χ1) is 10.8. The lowest BCUT2D eigenvalue weighted by Crippen LogP contribution is -2.28. The summed E-state index contributed by atoms with van der Waals surface area (Å²) in [7, 11) is 0. The summed E-state index contributed by atoms with van der Waals surface area (Å²) in [5.74, 6) is -4.41. The van der Waals surface area contributed by atoms with Gasteiger partial charge in [0.05, 0.1) is 13.2 Å². The first-order valence-corrected chi connectivity index (χ1v) is 7.17. The van der Waals surface area contributed by atoms with Crippen LogP contribution >= 0.6 is 0 Å². The zero-order valence-electron chi connectivity index (χ0n) is 13.4. The Morgan fingerprint density at radius 3 is 1.70 bits per heavy atom. The fourth-order valence-corrected chi connectivity index (χ4v) is 1.41. The number of carbonyl (C=O) groups excluding carboxylic acids is 2. The van der Waals surface area contributed by atoms with Gasteiger partial charge in [-0.15, -0.1) is 6.58 Å². The van der Waals surface area contributed by atoms with Crippen LogP contribution < -0.4 is 0 Å². The third kappa shape index (κ3) is 14.3. The number of allylic oxidation sites excluding steroid dienone is 1. The highest BCUT2D eigenvalue weighted by Crippen LogP contribution is 2.13. The minimum atomic E-state index is -1.31. The quantitative estimate of drug-likeness (QED) is 0.267. The van der Waals surface area contributed by atoms with Gasteiger partial charge in [0.15, 0.2) is 5.92 Å². The van der Waals surface area contributed by atoms with Crippen LogP contribution in [0.4, 0.5) is 0 Å². The second-order valence-corrected chi connectivity index (χ2v) is 4.24. The molecule has 0 aromatic carbocycles. The molecule has 0 aromatic heterocycles. The zero-order chi connectivity index (χ0) is 18.3. The van der Waals surface area contributed by atoms with E-state index in [2.05, 4.69) is 6.58 Å². The number of unbranched alkanes of at least 4 members (excludes halogenated alkanes) is 1. The van der Waals surface area contributed by atoms with Crippen LogP contribution in [-0.4, -0.2) is 47.3 Å². The number of ether oxygens (including phenoxy) is 2. The van der Waals surface area contributed by atoms with Gasteiger partial charge in [0, 0.05) is 0 Å². The molecule has 0 amide bonds. The largest absolute Gasteiger partial charge is 0.481 e. The van der Waals surface area contributed by atoms with E-state index in [1.165, 1.54) is 0 Å². The highest BCUT2D eigenvalue weighted by atomic mass is 16.6. The summed E-state index contributed by atoms with van der Waals surface area (Å²) >= 11 is 0. The summed E-state index contributed by atoms with van der Waals surface area (Å²) in [5, 5.41) is 15.4. The van der Waals surface area contributed by atoms with E-state index in [9.17, 15) is 19.2 Å². The second-order valence-electron chi connectivity index (χ2n) is 4.24. The van der Waals surface area contributed by atoms with E-state index in [-0.39, 0.29) is 13.2 Å². The number of rotatable bonds is 10. The molecule has 0 atom stereocenters. The van der Waals surface area contributed by atoms with Crippen LogP contribution in [0.3, 0.4) is 0 Å². The van der Waals surface area contributed by atoms with Gasteiger partial charge in [-0.05, 0) is 33.1 Å². The molecule has 0 saturated heterocycles. The van der Waals surface area contributed by atoms with E-state index in [1.807, 2.05) is 0 Å². The number of carboxylic acids is 2. The predicted octanol–water partition coefficient (Wildman–Crippen LogP) is 1.63. The van der Waals surface area contributed by atoms with Crippen molar-refractivity contribution in [2.75, 3.05) is 13.2 Å². The molecule has 0 aliphatic heterocycles. The Labute approximate surface area is 135 Å². The molecule has 0 heterocycles.